The minimum Gasteiger partial charge on any atom is -0.396 e. The van der Waals surface area contributed by atoms with Gasteiger partial charge >= 0.3 is 0 Å². The molecule has 1 aromatic heterocycles. The van der Waals surface area contributed by atoms with Gasteiger partial charge in [0.1, 0.15) is 5.82 Å². The molecule has 3 heteroatoms. The second-order valence-electron chi connectivity index (χ2n) is 5.21. The van der Waals surface area contributed by atoms with E-state index in [1.165, 1.54) is 23.6 Å². The predicted octanol–water partition coefficient (Wildman–Crippen LogP) is 2.98. The Morgan fingerprint density at radius 1 is 1.26 bits per heavy atom. The topological polar surface area (TPSA) is 36.4 Å². The molecule has 1 aromatic carbocycles. The number of aromatic nitrogens is 1. The Hall–Kier alpha value is -1.61. The van der Waals surface area contributed by atoms with Gasteiger partial charge in [0.05, 0.1) is 0 Å². The summed E-state index contributed by atoms with van der Waals surface area (Å²) in [5, 5.41) is 11.5. The molecule has 1 aliphatic rings. The van der Waals surface area contributed by atoms with Crippen molar-refractivity contribution in [2.24, 2.45) is 0 Å². The Bertz CT molecular complexity index is 550. The quantitative estimate of drug-likeness (QED) is 0.913. The fourth-order valence-corrected chi connectivity index (χ4v) is 3.07. The molecule has 1 aliphatic heterocycles. The van der Waals surface area contributed by atoms with Crippen molar-refractivity contribution in [3.63, 3.8) is 0 Å². The summed E-state index contributed by atoms with van der Waals surface area (Å²) in [6.07, 6.45) is 6.28. The lowest BCUT2D eigenvalue weighted by Crippen LogP contribution is -2.30. The van der Waals surface area contributed by atoms with Crippen molar-refractivity contribution in [1.82, 2.24) is 4.98 Å². The molecular formula is C16H20N2O. The van der Waals surface area contributed by atoms with Gasteiger partial charge in [-0.15, -0.1) is 0 Å². The van der Waals surface area contributed by atoms with Gasteiger partial charge in [-0.25, -0.2) is 4.98 Å². The lowest BCUT2D eigenvalue weighted by atomic mass is 10.1. The van der Waals surface area contributed by atoms with Gasteiger partial charge in [-0.1, -0.05) is 24.3 Å². The van der Waals surface area contributed by atoms with Crippen LogP contribution >= 0.6 is 0 Å². The Morgan fingerprint density at radius 3 is 3.05 bits per heavy atom. The number of benzene rings is 1. The van der Waals surface area contributed by atoms with Crippen molar-refractivity contribution in [3.8, 4) is 0 Å². The van der Waals surface area contributed by atoms with Gasteiger partial charge in [0.15, 0.2) is 0 Å². The molecule has 1 fully saturated rings. The summed E-state index contributed by atoms with van der Waals surface area (Å²) in [4.78, 5) is 7.04. The molecule has 19 heavy (non-hydrogen) atoms. The number of rotatable bonds is 4. The van der Waals surface area contributed by atoms with Gasteiger partial charge in [0.2, 0.25) is 0 Å². The van der Waals surface area contributed by atoms with E-state index in [-0.39, 0.29) is 6.61 Å². The second-order valence-corrected chi connectivity index (χ2v) is 5.21. The van der Waals surface area contributed by atoms with E-state index in [9.17, 15) is 0 Å². The van der Waals surface area contributed by atoms with Crippen LogP contribution in [0.1, 0.15) is 25.7 Å². The normalized spacial score (nSPS) is 19.2. The van der Waals surface area contributed by atoms with Crippen molar-refractivity contribution in [2.75, 3.05) is 18.1 Å². The van der Waals surface area contributed by atoms with Crippen LogP contribution in [0.2, 0.25) is 0 Å². The minimum absolute atomic E-state index is 0.285. The van der Waals surface area contributed by atoms with Crippen molar-refractivity contribution in [2.45, 2.75) is 31.7 Å². The van der Waals surface area contributed by atoms with E-state index in [1.807, 2.05) is 6.20 Å². The average molecular weight is 256 g/mol. The SMILES string of the molecule is OCCCC1CCCN1c1nccc2ccccc12. The standard InChI is InChI=1S/C16H20N2O/c19-12-4-7-14-6-3-11-18(14)16-15-8-2-1-5-13(15)9-10-17-16/h1-2,5,8-10,14,19H,3-4,6-7,11-12H2. The van der Waals surface area contributed by atoms with Crippen LogP contribution in [0.15, 0.2) is 36.5 Å². The molecule has 1 N–H and O–H groups in total. The first-order valence-corrected chi connectivity index (χ1v) is 7.11. The summed E-state index contributed by atoms with van der Waals surface area (Å²) in [6, 6.07) is 11.0. The number of fused-ring (bicyclic) bond motifs is 1. The van der Waals surface area contributed by atoms with E-state index >= 15 is 0 Å². The smallest absolute Gasteiger partial charge is 0.136 e. The summed E-state index contributed by atoms with van der Waals surface area (Å²) in [5.74, 6) is 1.11. The molecule has 2 heterocycles. The largest absolute Gasteiger partial charge is 0.396 e. The fourth-order valence-electron chi connectivity index (χ4n) is 3.07. The van der Waals surface area contributed by atoms with Crippen LogP contribution in [0, 0.1) is 0 Å². The van der Waals surface area contributed by atoms with Crippen LogP contribution in [0.5, 0.6) is 0 Å². The number of hydrogen-bond acceptors (Lipinski definition) is 3. The third-order valence-corrected chi connectivity index (χ3v) is 4.00. The first-order valence-electron chi connectivity index (χ1n) is 7.11. The number of aliphatic hydroxyl groups excluding tert-OH is 1. The van der Waals surface area contributed by atoms with Crippen LogP contribution < -0.4 is 4.90 Å². The number of pyridine rings is 1. The Labute approximate surface area is 113 Å². The minimum atomic E-state index is 0.285. The fraction of sp³-hybridized carbons (Fsp3) is 0.438. The summed E-state index contributed by atoms with van der Waals surface area (Å²) in [5.41, 5.74) is 0. The van der Waals surface area contributed by atoms with Gasteiger partial charge in [-0.05, 0) is 37.1 Å². The van der Waals surface area contributed by atoms with Crippen LogP contribution in [-0.2, 0) is 0 Å². The van der Waals surface area contributed by atoms with Crippen LogP contribution in [0.4, 0.5) is 5.82 Å². The molecule has 100 valence electrons. The number of aliphatic hydroxyl groups is 1. The van der Waals surface area contributed by atoms with Crippen LogP contribution in [0.25, 0.3) is 10.8 Å². The predicted molar refractivity (Wildman–Crippen MR) is 78.4 cm³/mol. The van der Waals surface area contributed by atoms with Gasteiger partial charge < -0.3 is 10.0 Å². The van der Waals surface area contributed by atoms with E-state index in [0.29, 0.717) is 6.04 Å². The highest BCUT2D eigenvalue weighted by Gasteiger charge is 2.26. The Kier molecular flexibility index (Phi) is 3.65. The lowest BCUT2D eigenvalue weighted by Gasteiger charge is -2.26. The molecule has 0 amide bonds. The molecular weight excluding hydrogens is 236 g/mol. The molecule has 3 nitrogen and oxygen atoms in total. The number of hydrogen-bond donors (Lipinski definition) is 1. The third kappa shape index (κ3) is 2.43. The van der Waals surface area contributed by atoms with Crippen LogP contribution in [-0.4, -0.2) is 29.3 Å². The maximum atomic E-state index is 9.02. The molecule has 0 radical (unpaired) electrons. The first kappa shape index (κ1) is 12.4. The highest BCUT2D eigenvalue weighted by atomic mass is 16.2. The van der Waals surface area contributed by atoms with E-state index in [4.69, 9.17) is 5.11 Å². The summed E-state index contributed by atoms with van der Waals surface area (Å²) < 4.78 is 0. The zero-order chi connectivity index (χ0) is 13.1. The van der Waals surface area contributed by atoms with Gasteiger partial charge in [-0.2, -0.15) is 0 Å². The molecule has 0 spiro atoms. The van der Waals surface area contributed by atoms with E-state index < -0.39 is 0 Å². The maximum absolute atomic E-state index is 9.02. The average Bonchev–Trinajstić information content (AvgIpc) is 2.92. The summed E-state index contributed by atoms with van der Waals surface area (Å²) in [6.45, 7) is 1.37. The number of nitrogens with zero attached hydrogens (tertiary/aromatic N) is 2. The zero-order valence-electron chi connectivity index (χ0n) is 11.1. The van der Waals surface area contributed by atoms with Crippen molar-refractivity contribution < 1.29 is 5.11 Å². The van der Waals surface area contributed by atoms with Crippen molar-refractivity contribution in [3.05, 3.63) is 36.5 Å². The Balaban J connectivity index is 1.94. The molecule has 0 bridgehead atoms. The Morgan fingerprint density at radius 2 is 2.16 bits per heavy atom. The summed E-state index contributed by atoms with van der Waals surface area (Å²) >= 11 is 0. The van der Waals surface area contributed by atoms with Gasteiger partial charge in [0, 0.05) is 30.8 Å². The molecule has 1 atom stereocenters. The first-order chi connectivity index (χ1) is 9.40. The zero-order valence-corrected chi connectivity index (χ0v) is 11.1. The van der Waals surface area contributed by atoms with Gasteiger partial charge in [-0.3, -0.25) is 0 Å². The molecule has 0 aliphatic carbocycles. The second kappa shape index (κ2) is 5.57. The van der Waals surface area contributed by atoms with E-state index in [0.717, 1.165) is 25.2 Å². The van der Waals surface area contributed by atoms with Gasteiger partial charge in [0.25, 0.3) is 0 Å². The summed E-state index contributed by atoms with van der Waals surface area (Å²) in [7, 11) is 0. The van der Waals surface area contributed by atoms with Crippen molar-refractivity contribution in [1.29, 1.82) is 0 Å². The highest BCUT2D eigenvalue weighted by Crippen LogP contribution is 2.31. The number of anilines is 1. The monoisotopic (exact) mass is 256 g/mol. The molecule has 1 saturated heterocycles. The van der Waals surface area contributed by atoms with Crippen LogP contribution in [0.3, 0.4) is 0 Å². The van der Waals surface area contributed by atoms with E-state index in [1.54, 1.807) is 0 Å². The van der Waals surface area contributed by atoms with E-state index in [2.05, 4.69) is 40.2 Å². The molecule has 1 unspecified atom stereocenters. The molecule has 0 saturated carbocycles. The maximum Gasteiger partial charge on any atom is 0.136 e. The highest BCUT2D eigenvalue weighted by molar-refractivity contribution is 5.92. The van der Waals surface area contributed by atoms with Crippen molar-refractivity contribution >= 4 is 16.6 Å². The molecule has 2 aromatic rings. The third-order valence-electron chi connectivity index (χ3n) is 4.00. The lowest BCUT2D eigenvalue weighted by molar-refractivity contribution is 0.279. The molecule has 3 rings (SSSR count).